The predicted octanol–water partition coefficient (Wildman–Crippen LogP) is 1.75. The maximum absolute atomic E-state index is 12.3. The molecule has 3 heterocycles. The van der Waals surface area contributed by atoms with Gasteiger partial charge in [-0.3, -0.25) is 4.79 Å². The zero-order valence-electron chi connectivity index (χ0n) is 12.1. The van der Waals surface area contributed by atoms with Crippen LogP contribution in [-0.2, 0) is 0 Å². The van der Waals surface area contributed by atoms with E-state index in [0.29, 0.717) is 17.6 Å². The van der Waals surface area contributed by atoms with Gasteiger partial charge in [-0.1, -0.05) is 18.5 Å². The Kier molecular flexibility index (Phi) is 3.98. The molecule has 0 saturated carbocycles. The quantitative estimate of drug-likeness (QED) is 0.844. The van der Waals surface area contributed by atoms with Gasteiger partial charge in [-0.25, -0.2) is 4.98 Å². The summed E-state index contributed by atoms with van der Waals surface area (Å²) in [5.41, 5.74) is 0.649. The van der Waals surface area contributed by atoms with Crippen LogP contribution in [0.4, 0.5) is 5.82 Å². The first kappa shape index (κ1) is 13.8. The minimum absolute atomic E-state index is 0.225. The molecule has 0 aliphatic carbocycles. The van der Waals surface area contributed by atoms with E-state index < -0.39 is 0 Å². The molecule has 1 fully saturated rings. The molecule has 1 aliphatic heterocycles. The molecule has 112 valence electrons. The van der Waals surface area contributed by atoms with Crippen LogP contribution in [0.5, 0.6) is 0 Å². The number of carbonyl (C=O) groups is 1. The number of unbranched alkanes of at least 4 members (excludes halogenated alkanes) is 1. The molecular weight excluding hydrogens is 270 g/mol. The maximum atomic E-state index is 12.3. The van der Waals surface area contributed by atoms with Crippen molar-refractivity contribution in [2.75, 3.05) is 24.5 Å². The number of hydrogen-bond acceptors (Lipinski definition) is 6. The molecule has 1 N–H and O–H groups in total. The van der Waals surface area contributed by atoms with E-state index in [1.165, 1.54) is 6.33 Å². The molecule has 0 radical (unpaired) electrons. The van der Waals surface area contributed by atoms with Gasteiger partial charge >= 0.3 is 0 Å². The van der Waals surface area contributed by atoms with Gasteiger partial charge in [0.25, 0.3) is 11.6 Å². The summed E-state index contributed by atoms with van der Waals surface area (Å²) in [6.45, 7) is 4.59. The van der Waals surface area contributed by atoms with Crippen LogP contribution < -0.4 is 10.2 Å². The fourth-order valence-corrected chi connectivity index (χ4v) is 2.56. The lowest BCUT2D eigenvalue weighted by atomic mass is 10.2. The third-order valence-corrected chi connectivity index (χ3v) is 3.69. The minimum atomic E-state index is -0.225. The molecule has 21 heavy (non-hydrogen) atoms. The van der Waals surface area contributed by atoms with E-state index >= 15 is 0 Å². The molecule has 3 rings (SSSR count). The number of fused-ring (bicyclic) bond motifs is 1. The van der Waals surface area contributed by atoms with Crippen LogP contribution in [0.15, 0.2) is 10.9 Å². The third kappa shape index (κ3) is 2.68. The van der Waals surface area contributed by atoms with E-state index in [0.717, 1.165) is 44.6 Å². The Morgan fingerprint density at radius 2 is 2.19 bits per heavy atom. The average Bonchev–Trinajstić information content (AvgIpc) is 3.16. The average molecular weight is 289 g/mol. The molecule has 1 saturated heterocycles. The smallest absolute Gasteiger partial charge is 0.274 e. The Morgan fingerprint density at radius 1 is 1.38 bits per heavy atom. The SMILES string of the molecule is CCCCNC(=O)c1noc2ncnc(N3CCCC3)c12. The Balaban J connectivity index is 1.93. The summed E-state index contributed by atoms with van der Waals surface area (Å²) < 4.78 is 5.19. The van der Waals surface area contributed by atoms with Crippen molar-refractivity contribution < 1.29 is 9.32 Å². The fourth-order valence-electron chi connectivity index (χ4n) is 2.56. The highest BCUT2D eigenvalue weighted by molar-refractivity contribution is 6.07. The topological polar surface area (TPSA) is 84.2 Å². The lowest BCUT2D eigenvalue weighted by molar-refractivity contribution is 0.0946. The number of rotatable bonds is 5. The highest BCUT2D eigenvalue weighted by atomic mass is 16.5. The second kappa shape index (κ2) is 6.07. The number of amides is 1. The molecule has 2 aromatic rings. The van der Waals surface area contributed by atoms with Crippen LogP contribution in [-0.4, -0.2) is 40.7 Å². The number of nitrogens with one attached hydrogen (secondary N) is 1. The zero-order valence-corrected chi connectivity index (χ0v) is 12.1. The van der Waals surface area contributed by atoms with Crippen LogP contribution >= 0.6 is 0 Å². The summed E-state index contributed by atoms with van der Waals surface area (Å²) in [4.78, 5) is 22.8. The third-order valence-electron chi connectivity index (χ3n) is 3.69. The summed E-state index contributed by atoms with van der Waals surface area (Å²) in [5.74, 6) is 0.525. The van der Waals surface area contributed by atoms with Gasteiger partial charge in [-0.2, -0.15) is 4.98 Å². The molecule has 7 heteroatoms. The number of hydrogen-bond donors (Lipinski definition) is 1. The molecule has 0 spiro atoms. The van der Waals surface area contributed by atoms with Crippen molar-refractivity contribution in [2.24, 2.45) is 0 Å². The van der Waals surface area contributed by atoms with Crippen molar-refractivity contribution in [1.82, 2.24) is 20.4 Å². The van der Waals surface area contributed by atoms with Crippen molar-refractivity contribution in [3.63, 3.8) is 0 Å². The maximum Gasteiger partial charge on any atom is 0.274 e. The van der Waals surface area contributed by atoms with Gasteiger partial charge in [0.05, 0.1) is 0 Å². The van der Waals surface area contributed by atoms with Gasteiger partial charge in [0.15, 0.2) is 5.69 Å². The van der Waals surface area contributed by atoms with E-state index in [2.05, 4.69) is 32.3 Å². The van der Waals surface area contributed by atoms with E-state index in [-0.39, 0.29) is 11.6 Å². The van der Waals surface area contributed by atoms with Crippen LogP contribution in [0.25, 0.3) is 11.1 Å². The van der Waals surface area contributed by atoms with Gasteiger partial charge in [0.1, 0.15) is 17.5 Å². The zero-order chi connectivity index (χ0) is 14.7. The Hall–Kier alpha value is -2.18. The summed E-state index contributed by atoms with van der Waals surface area (Å²) in [5, 5.41) is 7.37. The fraction of sp³-hybridized carbons (Fsp3) is 0.571. The minimum Gasteiger partial charge on any atom is -0.356 e. The Labute approximate surface area is 122 Å². The first-order chi connectivity index (χ1) is 10.3. The predicted molar refractivity (Wildman–Crippen MR) is 78.3 cm³/mol. The van der Waals surface area contributed by atoms with E-state index in [9.17, 15) is 4.79 Å². The molecule has 0 bridgehead atoms. The van der Waals surface area contributed by atoms with E-state index in [1.54, 1.807) is 0 Å². The number of anilines is 1. The summed E-state index contributed by atoms with van der Waals surface area (Å²) in [6, 6.07) is 0. The summed E-state index contributed by atoms with van der Waals surface area (Å²) >= 11 is 0. The number of carbonyl (C=O) groups excluding carboxylic acids is 1. The number of aromatic nitrogens is 3. The molecular formula is C14H19N5O2. The van der Waals surface area contributed by atoms with Crippen molar-refractivity contribution in [2.45, 2.75) is 32.6 Å². The van der Waals surface area contributed by atoms with Crippen molar-refractivity contribution in [1.29, 1.82) is 0 Å². The molecule has 7 nitrogen and oxygen atoms in total. The van der Waals surface area contributed by atoms with Gasteiger partial charge in [0, 0.05) is 19.6 Å². The number of nitrogens with zero attached hydrogens (tertiary/aromatic N) is 4. The highest BCUT2D eigenvalue weighted by Crippen LogP contribution is 2.28. The molecule has 1 amide bonds. The van der Waals surface area contributed by atoms with Crippen LogP contribution in [0.2, 0.25) is 0 Å². The van der Waals surface area contributed by atoms with Gasteiger partial charge < -0.3 is 14.7 Å². The van der Waals surface area contributed by atoms with Crippen LogP contribution in [0.1, 0.15) is 43.1 Å². The Bertz CT molecular complexity index is 633. The highest BCUT2D eigenvalue weighted by Gasteiger charge is 2.25. The van der Waals surface area contributed by atoms with E-state index in [4.69, 9.17) is 4.52 Å². The first-order valence-corrected chi connectivity index (χ1v) is 7.44. The summed E-state index contributed by atoms with van der Waals surface area (Å²) in [7, 11) is 0. The lowest BCUT2D eigenvalue weighted by Gasteiger charge is -2.16. The summed E-state index contributed by atoms with van der Waals surface area (Å²) in [6.07, 6.45) is 5.70. The Morgan fingerprint density at radius 3 is 2.95 bits per heavy atom. The van der Waals surface area contributed by atoms with Crippen molar-refractivity contribution >= 4 is 22.8 Å². The second-order valence-corrected chi connectivity index (χ2v) is 5.21. The van der Waals surface area contributed by atoms with Crippen molar-refractivity contribution in [3.05, 3.63) is 12.0 Å². The normalized spacial score (nSPS) is 14.8. The van der Waals surface area contributed by atoms with Gasteiger partial charge in [-0.15, -0.1) is 0 Å². The van der Waals surface area contributed by atoms with Crippen LogP contribution in [0.3, 0.4) is 0 Å². The lowest BCUT2D eigenvalue weighted by Crippen LogP contribution is -2.26. The monoisotopic (exact) mass is 289 g/mol. The van der Waals surface area contributed by atoms with Crippen LogP contribution in [0, 0.1) is 0 Å². The first-order valence-electron chi connectivity index (χ1n) is 7.44. The van der Waals surface area contributed by atoms with Crippen molar-refractivity contribution in [3.8, 4) is 0 Å². The van der Waals surface area contributed by atoms with E-state index in [1.807, 2.05) is 0 Å². The largest absolute Gasteiger partial charge is 0.356 e. The van der Waals surface area contributed by atoms with Gasteiger partial charge in [0.2, 0.25) is 0 Å². The van der Waals surface area contributed by atoms with Gasteiger partial charge in [-0.05, 0) is 19.3 Å². The standard InChI is InChI=1S/C14H19N5O2/c1-2-3-6-15-13(20)11-10-12(19-7-4-5-8-19)16-9-17-14(10)21-18-11/h9H,2-8H2,1H3,(H,15,20). The molecule has 1 aliphatic rings. The molecule has 0 aromatic carbocycles. The second-order valence-electron chi connectivity index (χ2n) is 5.21. The molecule has 0 unspecified atom stereocenters. The molecule has 0 atom stereocenters. The molecule has 2 aromatic heterocycles.